The van der Waals surface area contributed by atoms with Gasteiger partial charge >= 0.3 is 5.97 Å². The number of carboxylic acids is 1. The number of carbonyl (C=O) groups is 2. The molecule has 1 aliphatic rings. The minimum absolute atomic E-state index is 0.00554. The fourth-order valence-corrected chi connectivity index (χ4v) is 2.70. The molecule has 0 aliphatic heterocycles. The maximum Gasteiger partial charge on any atom is 0.305 e. The van der Waals surface area contributed by atoms with Gasteiger partial charge in [-0.15, -0.1) is 11.3 Å². The summed E-state index contributed by atoms with van der Waals surface area (Å²) < 4.78 is 0. The lowest BCUT2D eigenvalue weighted by Crippen LogP contribution is -2.54. The largest absolute Gasteiger partial charge is 0.481 e. The summed E-state index contributed by atoms with van der Waals surface area (Å²) in [7, 11) is 0. The molecule has 1 saturated carbocycles. The first-order valence-corrected chi connectivity index (χ1v) is 6.73. The normalized spacial score (nSPS) is 17.3. The van der Waals surface area contributed by atoms with E-state index < -0.39 is 11.5 Å². The minimum Gasteiger partial charge on any atom is -0.481 e. The molecule has 1 aromatic rings. The van der Waals surface area contributed by atoms with E-state index >= 15 is 0 Å². The molecule has 0 bridgehead atoms. The highest BCUT2D eigenvalue weighted by atomic mass is 32.1. The molecular weight excluding hydrogens is 250 g/mol. The van der Waals surface area contributed by atoms with Crippen LogP contribution in [0, 0.1) is 0 Å². The van der Waals surface area contributed by atoms with E-state index in [1.165, 1.54) is 6.08 Å². The van der Waals surface area contributed by atoms with Crippen LogP contribution in [0.4, 0.5) is 0 Å². The van der Waals surface area contributed by atoms with Crippen LogP contribution in [-0.2, 0) is 9.59 Å². The lowest BCUT2D eigenvalue weighted by atomic mass is 9.74. The molecule has 0 aromatic carbocycles. The molecule has 4 nitrogen and oxygen atoms in total. The third kappa shape index (κ3) is 3.20. The molecule has 1 fully saturated rings. The van der Waals surface area contributed by atoms with E-state index in [-0.39, 0.29) is 12.3 Å². The predicted octanol–water partition coefficient (Wildman–Crippen LogP) is 2.27. The Morgan fingerprint density at radius 1 is 1.50 bits per heavy atom. The molecular formula is C13H15NO3S. The first-order chi connectivity index (χ1) is 8.60. The Hall–Kier alpha value is -1.62. The number of rotatable bonds is 5. The fourth-order valence-electron chi connectivity index (χ4n) is 2.09. The quantitative estimate of drug-likeness (QED) is 0.803. The predicted molar refractivity (Wildman–Crippen MR) is 70.3 cm³/mol. The molecule has 1 amide bonds. The summed E-state index contributed by atoms with van der Waals surface area (Å²) >= 11 is 1.55. The average Bonchev–Trinajstić information content (AvgIpc) is 2.75. The van der Waals surface area contributed by atoms with Crippen LogP contribution in [-0.4, -0.2) is 22.5 Å². The monoisotopic (exact) mass is 265 g/mol. The lowest BCUT2D eigenvalue weighted by molar-refractivity contribution is -0.140. The van der Waals surface area contributed by atoms with Crippen LogP contribution in [0.15, 0.2) is 23.6 Å². The minimum atomic E-state index is -0.864. The van der Waals surface area contributed by atoms with Crippen molar-refractivity contribution in [3.8, 4) is 0 Å². The van der Waals surface area contributed by atoms with Gasteiger partial charge in [0.05, 0.1) is 12.0 Å². The lowest BCUT2D eigenvalue weighted by Gasteiger charge is -2.41. The summed E-state index contributed by atoms with van der Waals surface area (Å²) in [6.45, 7) is 0. The number of carbonyl (C=O) groups excluding carboxylic acids is 1. The van der Waals surface area contributed by atoms with E-state index in [0.29, 0.717) is 0 Å². The molecule has 0 atom stereocenters. The number of nitrogens with one attached hydrogen (secondary N) is 1. The zero-order valence-corrected chi connectivity index (χ0v) is 10.7. The van der Waals surface area contributed by atoms with Crippen LogP contribution in [0.3, 0.4) is 0 Å². The smallest absolute Gasteiger partial charge is 0.305 e. The Bertz CT molecular complexity index is 461. The van der Waals surface area contributed by atoms with Gasteiger partial charge < -0.3 is 10.4 Å². The maximum absolute atomic E-state index is 11.7. The number of hydrogen-bond acceptors (Lipinski definition) is 3. The van der Waals surface area contributed by atoms with Crippen LogP contribution < -0.4 is 5.32 Å². The fraction of sp³-hybridized carbons (Fsp3) is 0.385. The molecule has 1 heterocycles. The van der Waals surface area contributed by atoms with Crippen LogP contribution in [0.1, 0.15) is 30.6 Å². The van der Waals surface area contributed by atoms with Gasteiger partial charge in [0.15, 0.2) is 0 Å². The highest BCUT2D eigenvalue weighted by Crippen LogP contribution is 2.34. The summed E-state index contributed by atoms with van der Waals surface area (Å²) in [4.78, 5) is 23.5. The van der Waals surface area contributed by atoms with Gasteiger partial charge in [0, 0.05) is 11.0 Å². The molecule has 5 heteroatoms. The first-order valence-electron chi connectivity index (χ1n) is 5.85. The Kier molecular flexibility index (Phi) is 3.81. The maximum atomic E-state index is 11.7. The van der Waals surface area contributed by atoms with E-state index in [1.807, 2.05) is 17.5 Å². The Labute approximate surface area is 109 Å². The second-order valence-electron chi connectivity index (χ2n) is 4.54. The molecule has 1 aliphatic carbocycles. The third-order valence-electron chi connectivity index (χ3n) is 3.13. The van der Waals surface area contributed by atoms with Crippen molar-refractivity contribution >= 4 is 29.3 Å². The summed E-state index contributed by atoms with van der Waals surface area (Å²) in [5, 5.41) is 13.6. The van der Waals surface area contributed by atoms with Gasteiger partial charge in [-0.2, -0.15) is 0 Å². The topological polar surface area (TPSA) is 66.4 Å². The molecule has 1 aromatic heterocycles. The van der Waals surface area contributed by atoms with Crippen LogP contribution in [0.5, 0.6) is 0 Å². The zero-order valence-electron chi connectivity index (χ0n) is 9.89. The van der Waals surface area contributed by atoms with Gasteiger partial charge in [0.1, 0.15) is 0 Å². The highest BCUT2D eigenvalue weighted by molar-refractivity contribution is 7.10. The highest BCUT2D eigenvalue weighted by Gasteiger charge is 2.39. The molecule has 96 valence electrons. The number of thiophene rings is 1. The molecule has 0 unspecified atom stereocenters. The van der Waals surface area contributed by atoms with Crippen molar-refractivity contribution in [1.82, 2.24) is 5.32 Å². The van der Waals surface area contributed by atoms with Crippen molar-refractivity contribution in [2.24, 2.45) is 0 Å². The van der Waals surface area contributed by atoms with E-state index in [0.717, 1.165) is 24.1 Å². The van der Waals surface area contributed by atoms with Crippen molar-refractivity contribution in [1.29, 1.82) is 0 Å². The summed E-state index contributed by atoms with van der Waals surface area (Å²) in [6, 6.07) is 3.84. The molecule has 2 rings (SSSR count). The molecule has 18 heavy (non-hydrogen) atoms. The van der Waals surface area contributed by atoms with Crippen molar-refractivity contribution in [3.05, 3.63) is 28.5 Å². The number of amides is 1. The molecule has 2 N–H and O–H groups in total. The van der Waals surface area contributed by atoms with Gasteiger partial charge in [-0.25, -0.2) is 0 Å². The van der Waals surface area contributed by atoms with Gasteiger partial charge in [-0.05, 0) is 36.8 Å². The summed E-state index contributed by atoms with van der Waals surface area (Å²) in [5.41, 5.74) is -0.525. The van der Waals surface area contributed by atoms with E-state index in [1.54, 1.807) is 17.4 Å². The molecule has 0 radical (unpaired) electrons. The summed E-state index contributed by atoms with van der Waals surface area (Å²) in [6.07, 6.45) is 5.68. The van der Waals surface area contributed by atoms with Crippen molar-refractivity contribution in [3.63, 3.8) is 0 Å². The number of aliphatic carboxylic acids is 1. The second-order valence-corrected chi connectivity index (χ2v) is 5.52. The van der Waals surface area contributed by atoms with E-state index in [4.69, 9.17) is 5.11 Å². The molecule has 0 saturated heterocycles. The Morgan fingerprint density at radius 2 is 2.28 bits per heavy atom. The van der Waals surface area contributed by atoms with Crippen molar-refractivity contribution < 1.29 is 14.7 Å². The zero-order chi connectivity index (χ0) is 13.0. The Balaban J connectivity index is 1.92. The summed E-state index contributed by atoms with van der Waals surface area (Å²) in [5.74, 6) is -1.08. The van der Waals surface area contributed by atoms with Crippen LogP contribution in [0.25, 0.3) is 6.08 Å². The third-order valence-corrected chi connectivity index (χ3v) is 3.97. The van der Waals surface area contributed by atoms with Crippen molar-refractivity contribution in [2.45, 2.75) is 31.2 Å². The SMILES string of the molecule is O=C(O)CC1(NC(=O)C=Cc2cccs2)CCC1. The number of hydrogen-bond donors (Lipinski definition) is 2. The van der Waals surface area contributed by atoms with Gasteiger partial charge in [-0.3, -0.25) is 9.59 Å². The van der Waals surface area contributed by atoms with Crippen LogP contribution >= 0.6 is 11.3 Å². The Morgan fingerprint density at radius 3 is 2.78 bits per heavy atom. The first kappa shape index (κ1) is 12.8. The standard InChI is InChI=1S/C13H15NO3S/c15-11(5-4-10-3-1-8-18-10)14-13(6-2-7-13)9-12(16)17/h1,3-5,8H,2,6-7,9H2,(H,14,15)(H,16,17). The van der Waals surface area contributed by atoms with E-state index in [2.05, 4.69) is 5.32 Å². The molecule has 0 spiro atoms. The number of carboxylic acid groups (broad SMARTS) is 1. The van der Waals surface area contributed by atoms with Gasteiger partial charge in [-0.1, -0.05) is 6.07 Å². The van der Waals surface area contributed by atoms with Crippen LogP contribution in [0.2, 0.25) is 0 Å². The average molecular weight is 265 g/mol. The van der Waals surface area contributed by atoms with Gasteiger partial charge in [0.2, 0.25) is 5.91 Å². The second kappa shape index (κ2) is 5.35. The van der Waals surface area contributed by atoms with E-state index in [9.17, 15) is 9.59 Å². The van der Waals surface area contributed by atoms with Gasteiger partial charge in [0.25, 0.3) is 0 Å². The van der Waals surface area contributed by atoms with Crippen molar-refractivity contribution in [2.75, 3.05) is 0 Å².